The Bertz CT molecular complexity index is 468. The van der Waals surface area contributed by atoms with Gasteiger partial charge in [-0.05, 0) is 24.6 Å². The van der Waals surface area contributed by atoms with Crippen molar-refractivity contribution >= 4 is 35.2 Å². The first kappa shape index (κ1) is 13.4. The number of benzene rings is 1. The summed E-state index contributed by atoms with van der Waals surface area (Å²) in [7, 11) is 0. The first-order valence-corrected chi connectivity index (χ1v) is 6.50. The Morgan fingerprint density at radius 1 is 1.39 bits per heavy atom. The summed E-state index contributed by atoms with van der Waals surface area (Å²) >= 11 is 12.0. The van der Waals surface area contributed by atoms with Crippen LogP contribution in [-0.4, -0.2) is 29.9 Å². The van der Waals surface area contributed by atoms with Gasteiger partial charge in [-0.3, -0.25) is 4.79 Å². The van der Waals surface area contributed by atoms with E-state index in [2.05, 4.69) is 0 Å². The van der Waals surface area contributed by atoms with Gasteiger partial charge in [0.05, 0.1) is 0 Å². The molecule has 0 bridgehead atoms. The summed E-state index contributed by atoms with van der Waals surface area (Å²) in [5.74, 6) is -0.0565. The fraction of sp³-hybridized carbons (Fsp3) is 0.308. The van der Waals surface area contributed by atoms with Crippen LogP contribution in [0.3, 0.4) is 0 Å². The standard InChI is InChI=1S/C13H14Cl2N2O/c14-11-2-1-3-12(15)10(11)4-5-13(18)17-7-6-9(16)8-17/h1-5,9H,6-8,16H2/b5-4+/t9-/m1/s1. The third-order valence-electron chi connectivity index (χ3n) is 2.93. The lowest BCUT2D eigenvalue weighted by Gasteiger charge is -2.12. The van der Waals surface area contributed by atoms with Gasteiger partial charge in [-0.25, -0.2) is 0 Å². The van der Waals surface area contributed by atoms with Gasteiger partial charge in [0.25, 0.3) is 0 Å². The molecule has 3 nitrogen and oxygen atoms in total. The van der Waals surface area contributed by atoms with Crippen molar-refractivity contribution in [3.8, 4) is 0 Å². The molecule has 1 aliphatic rings. The third kappa shape index (κ3) is 3.05. The first-order chi connectivity index (χ1) is 8.58. The van der Waals surface area contributed by atoms with Crippen LogP contribution in [0.15, 0.2) is 24.3 Å². The zero-order valence-corrected chi connectivity index (χ0v) is 11.3. The number of amides is 1. The zero-order valence-electron chi connectivity index (χ0n) is 9.77. The average Bonchev–Trinajstić information content (AvgIpc) is 2.75. The molecule has 0 saturated carbocycles. The number of nitrogens with two attached hydrogens (primary N) is 1. The van der Waals surface area contributed by atoms with Crippen LogP contribution in [-0.2, 0) is 4.79 Å². The van der Waals surface area contributed by atoms with E-state index in [1.807, 2.05) is 0 Å². The van der Waals surface area contributed by atoms with E-state index in [1.54, 1.807) is 29.2 Å². The fourth-order valence-electron chi connectivity index (χ4n) is 1.92. The van der Waals surface area contributed by atoms with Crippen LogP contribution in [0.4, 0.5) is 0 Å². The molecule has 1 fully saturated rings. The lowest BCUT2D eigenvalue weighted by atomic mass is 10.2. The molecule has 0 aromatic heterocycles. The Labute approximate surface area is 116 Å². The smallest absolute Gasteiger partial charge is 0.246 e. The highest BCUT2D eigenvalue weighted by Gasteiger charge is 2.21. The van der Waals surface area contributed by atoms with Crippen LogP contribution in [0.2, 0.25) is 10.0 Å². The third-order valence-corrected chi connectivity index (χ3v) is 3.59. The van der Waals surface area contributed by atoms with E-state index in [0.717, 1.165) is 6.42 Å². The molecular weight excluding hydrogens is 271 g/mol. The fourth-order valence-corrected chi connectivity index (χ4v) is 2.44. The maximum atomic E-state index is 11.9. The van der Waals surface area contributed by atoms with E-state index >= 15 is 0 Å². The van der Waals surface area contributed by atoms with E-state index in [4.69, 9.17) is 28.9 Å². The van der Waals surface area contributed by atoms with Crippen LogP contribution in [0.1, 0.15) is 12.0 Å². The Morgan fingerprint density at radius 3 is 2.61 bits per heavy atom. The molecular formula is C13H14Cl2N2O. The molecule has 1 atom stereocenters. The molecule has 96 valence electrons. The quantitative estimate of drug-likeness (QED) is 0.849. The van der Waals surface area contributed by atoms with Gasteiger partial charge in [0.1, 0.15) is 0 Å². The van der Waals surface area contributed by atoms with E-state index in [9.17, 15) is 4.79 Å². The summed E-state index contributed by atoms with van der Waals surface area (Å²) < 4.78 is 0. The van der Waals surface area contributed by atoms with Gasteiger partial charge in [0, 0.05) is 40.8 Å². The summed E-state index contributed by atoms with van der Waals surface area (Å²) in [5.41, 5.74) is 6.42. The topological polar surface area (TPSA) is 46.3 Å². The van der Waals surface area contributed by atoms with Crippen molar-refractivity contribution < 1.29 is 4.79 Å². The maximum absolute atomic E-state index is 11.9. The minimum atomic E-state index is -0.0565. The van der Waals surface area contributed by atoms with E-state index in [0.29, 0.717) is 28.7 Å². The van der Waals surface area contributed by atoms with Crippen LogP contribution in [0.25, 0.3) is 6.08 Å². The first-order valence-electron chi connectivity index (χ1n) is 5.74. The van der Waals surface area contributed by atoms with Crippen LogP contribution in [0.5, 0.6) is 0 Å². The second-order valence-corrected chi connectivity index (χ2v) is 5.12. The molecule has 1 saturated heterocycles. The monoisotopic (exact) mass is 284 g/mol. The highest BCUT2D eigenvalue weighted by molar-refractivity contribution is 6.37. The van der Waals surface area contributed by atoms with Crippen molar-refractivity contribution in [2.24, 2.45) is 5.73 Å². The Hall–Kier alpha value is -1.03. The van der Waals surface area contributed by atoms with E-state index in [-0.39, 0.29) is 11.9 Å². The molecule has 5 heteroatoms. The van der Waals surface area contributed by atoms with Crippen molar-refractivity contribution in [2.45, 2.75) is 12.5 Å². The van der Waals surface area contributed by atoms with E-state index < -0.39 is 0 Å². The molecule has 2 N–H and O–H groups in total. The van der Waals surface area contributed by atoms with Gasteiger partial charge in [0.2, 0.25) is 5.91 Å². The molecule has 0 spiro atoms. The molecule has 1 heterocycles. The Kier molecular flexibility index (Phi) is 4.27. The normalized spacial score (nSPS) is 19.7. The highest BCUT2D eigenvalue weighted by atomic mass is 35.5. The Morgan fingerprint density at radius 2 is 2.06 bits per heavy atom. The summed E-state index contributed by atoms with van der Waals surface area (Å²) in [5, 5.41) is 1.06. The van der Waals surface area contributed by atoms with Gasteiger partial charge in [-0.1, -0.05) is 29.3 Å². The lowest BCUT2D eigenvalue weighted by molar-refractivity contribution is -0.124. The summed E-state index contributed by atoms with van der Waals surface area (Å²) in [4.78, 5) is 13.6. The van der Waals surface area contributed by atoms with Crippen molar-refractivity contribution in [3.05, 3.63) is 39.9 Å². The van der Waals surface area contributed by atoms with Gasteiger partial charge < -0.3 is 10.6 Å². The number of nitrogens with zero attached hydrogens (tertiary/aromatic N) is 1. The number of carbonyl (C=O) groups is 1. The van der Waals surface area contributed by atoms with Gasteiger partial charge >= 0.3 is 0 Å². The summed E-state index contributed by atoms with van der Waals surface area (Å²) in [6, 6.07) is 5.34. The molecule has 1 aromatic rings. The number of hydrogen-bond acceptors (Lipinski definition) is 2. The number of likely N-dealkylation sites (tertiary alicyclic amines) is 1. The van der Waals surface area contributed by atoms with Crippen molar-refractivity contribution in [3.63, 3.8) is 0 Å². The SMILES string of the molecule is N[C@@H]1CCN(C(=O)/C=C/c2c(Cl)cccc2Cl)C1. The molecule has 1 aromatic carbocycles. The van der Waals surface area contributed by atoms with Crippen molar-refractivity contribution in [2.75, 3.05) is 13.1 Å². The maximum Gasteiger partial charge on any atom is 0.246 e. The molecule has 2 rings (SSSR count). The number of halogens is 2. The number of hydrogen-bond donors (Lipinski definition) is 1. The van der Waals surface area contributed by atoms with Gasteiger partial charge in [-0.15, -0.1) is 0 Å². The predicted octanol–water partition coefficient (Wildman–Crippen LogP) is 2.57. The highest BCUT2D eigenvalue weighted by Crippen LogP contribution is 2.25. The molecule has 0 unspecified atom stereocenters. The van der Waals surface area contributed by atoms with Crippen LogP contribution in [0, 0.1) is 0 Å². The number of rotatable bonds is 2. The van der Waals surface area contributed by atoms with Gasteiger partial charge in [0.15, 0.2) is 0 Å². The second-order valence-electron chi connectivity index (χ2n) is 4.30. The summed E-state index contributed by atoms with van der Waals surface area (Å²) in [6.45, 7) is 1.32. The molecule has 18 heavy (non-hydrogen) atoms. The summed E-state index contributed by atoms with van der Waals surface area (Å²) in [6.07, 6.45) is 3.99. The Balaban J connectivity index is 2.09. The molecule has 1 aliphatic heterocycles. The van der Waals surface area contributed by atoms with Crippen molar-refractivity contribution in [1.29, 1.82) is 0 Å². The predicted molar refractivity (Wildman–Crippen MR) is 74.7 cm³/mol. The lowest BCUT2D eigenvalue weighted by Crippen LogP contribution is -2.30. The average molecular weight is 285 g/mol. The van der Waals surface area contributed by atoms with Crippen LogP contribution < -0.4 is 5.73 Å². The number of carbonyl (C=O) groups excluding carboxylic acids is 1. The van der Waals surface area contributed by atoms with Crippen LogP contribution >= 0.6 is 23.2 Å². The molecule has 0 aliphatic carbocycles. The van der Waals surface area contributed by atoms with Gasteiger partial charge in [-0.2, -0.15) is 0 Å². The minimum absolute atomic E-state index is 0.0565. The molecule has 0 radical (unpaired) electrons. The minimum Gasteiger partial charge on any atom is -0.338 e. The largest absolute Gasteiger partial charge is 0.338 e. The molecule has 1 amide bonds. The zero-order chi connectivity index (χ0) is 13.1. The van der Waals surface area contributed by atoms with Crippen molar-refractivity contribution in [1.82, 2.24) is 4.90 Å². The second kappa shape index (κ2) is 5.74. The van der Waals surface area contributed by atoms with E-state index in [1.165, 1.54) is 6.08 Å².